The van der Waals surface area contributed by atoms with Gasteiger partial charge in [-0.1, -0.05) is 6.58 Å². The summed E-state index contributed by atoms with van der Waals surface area (Å²) in [5, 5.41) is 10.2. The summed E-state index contributed by atoms with van der Waals surface area (Å²) in [5.41, 5.74) is 0. The van der Waals surface area contributed by atoms with Gasteiger partial charge < -0.3 is 15.2 Å². The second kappa shape index (κ2) is 3.91. The molecule has 52 valence electrons. The minimum absolute atomic E-state index is 0.0101. The van der Waals surface area contributed by atoms with Crippen LogP contribution in [-0.2, 0) is 9.53 Å². The van der Waals surface area contributed by atoms with Gasteiger partial charge in [0, 0.05) is 0 Å². The number of rotatable bonds is 3. The third-order valence-corrected chi connectivity index (χ3v) is 0.739. The van der Waals surface area contributed by atoms with Gasteiger partial charge in [0.05, 0.1) is 7.11 Å². The van der Waals surface area contributed by atoms with E-state index >= 15 is 0 Å². The van der Waals surface area contributed by atoms with Crippen molar-refractivity contribution < 1.29 is 14.6 Å². The average molecular weight is 131 g/mol. The minimum atomic E-state index is -0.500. The molecule has 0 unspecified atom stereocenters. The molecule has 0 aromatic rings. The van der Waals surface area contributed by atoms with Gasteiger partial charge in [0.15, 0.2) is 5.76 Å². The van der Waals surface area contributed by atoms with Crippen molar-refractivity contribution in [1.29, 1.82) is 0 Å². The number of carbonyl (C=O) groups excluding carboxylic acids is 1. The second-order valence-electron chi connectivity index (χ2n) is 1.29. The summed E-state index contributed by atoms with van der Waals surface area (Å²) in [5.74, 6) is -0.510. The summed E-state index contributed by atoms with van der Waals surface area (Å²) in [4.78, 5) is 10.5. The number of methoxy groups -OCH3 is 1. The van der Waals surface area contributed by atoms with Crippen molar-refractivity contribution in [2.45, 2.75) is 0 Å². The van der Waals surface area contributed by atoms with Gasteiger partial charge >= 0.3 is 0 Å². The van der Waals surface area contributed by atoms with E-state index in [1.54, 1.807) is 0 Å². The lowest BCUT2D eigenvalue weighted by atomic mass is 10.5. The molecule has 0 saturated carbocycles. The maximum absolute atomic E-state index is 10.5. The molecule has 9 heavy (non-hydrogen) atoms. The van der Waals surface area contributed by atoms with E-state index in [2.05, 4.69) is 16.6 Å². The fourth-order valence-electron chi connectivity index (χ4n) is 0.263. The summed E-state index contributed by atoms with van der Waals surface area (Å²) >= 11 is 0. The van der Waals surface area contributed by atoms with Crippen molar-refractivity contribution in [1.82, 2.24) is 5.32 Å². The predicted octanol–water partition coefficient (Wildman–Crippen LogP) is -0.788. The Kier molecular flexibility index (Phi) is 3.46. The molecule has 0 atom stereocenters. The first-order chi connectivity index (χ1) is 4.22. The van der Waals surface area contributed by atoms with E-state index in [1.165, 1.54) is 7.11 Å². The van der Waals surface area contributed by atoms with E-state index in [0.717, 1.165) is 0 Å². The Morgan fingerprint density at radius 2 is 2.44 bits per heavy atom. The van der Waals surface area contributed by atoms with E-state index in [1.807, 2.05) is 0 Å². The highest BCUT2D eigenvalue weighted by Crippen LogP contribution is 1.87. The van der Waals surface area contributed by atoms with Gasteiger partial charge in [0.1, 0.15) is 6.73 Å². The van der Waals surface area contributed by atoms with Gasteiger partial charge in [-0.25, -0.2) is 0 Å². The van der Waals surface area contributed by atoms with Gasteiger partial charge in [-0.05, 0) is 0 Å². The van der Waals surface area contributed by atoms with Gasteiger partial charge in [0.2, 0.25) is 0 Å². The van der Waals surface area contributed by atoms with Gasteiger partial charge in [0.25, 0.3) is 5.91 Å². The number of nitrogens with one attached hydrogen (secondary N) is 1. The lowest BCUT2D eigenvalue weighted by Crippen LogP contribution is -2.25. The highest BCUT2D eigenvalue weighted by Gasteiger charge is 2.02. The monoisotopic (exact) mass is 131 g/mol. The zero-order valence-electron chi connectivity index (χ0n) is 5.18. The molecule has 0 aliphatic heterocycles. The maximum Gasteiger partial charge on any atom is 0.287 e. The average Bonchev–Trinajstić information content (AvgIpc) is 1.87. The van der Waals surface area contributed by atoms with Crippen molar-refractivity contribution in [3.63, 3.8) is 0 Å². The number of aliphatic hydroxyl groups is 1. The molecule has 0 aromatic heterocycles. The lowest BCUT2D eigenvalue weighted by Gasteiger charge is -2.01. The number of ether oxygens (including phenoxy) is 1. The van der Waals surface area contributed by atoms with Crippen LogP contribution in [-0.4, -0.2) is 24.9 Å². The summed E-state index contributed by atoms with van der Waals surface area (Å²) in [6.07, 6.45) is 0. The Bertz CT molecular complexity index is 121. The first-order valence-corrected chi connectivity index (χ1v) is 2.34. The molecule has 0 heterocycles. The Labute approximate surface area is 53.1 Å². The molecule has 0 aliphatic carbocycles. The van der Waals surface area contributed by atoms with E-state index in [4.69, 9.17) is 5.11 Å². The molecule has 0 rings (SSSR count). The number of hydrogen-bond acceptors (Lipinski definition) is 3. The molecule has 4 heteroatoms. The third kappa shape index (κ3) is 2.71. The molecule has 0 aromatic carbocycles. The lowest BCUT2D eigenvalue weighted by molar-refractivity contribution is -0.121. The zero-order valence-corrected chi connectivity index (χ0v) is 5.18. The molecule has 0 fully saturated rings. The Hall–Kier alpha value is -1.03. The molecule has 0 bridgehead atoms. The third-order valence-electron chi connectivity index (χ3n) is 0.739. The molecular weight excluding hydrogens is 122 g/mol. The van der Waals surface area contributed by atoms with Crippen LogP contribution in [0.4, 0.5) is 0 Å². The van der Waals surface area contributed by atoms with Gasteiger partial charge in [-0.15, -0.1) is 0 Å². The Balaban J connectivity index is 3.60. The van der Waals surface area contributed by atoms with Crippen LogP contribution < -0.4 is 5.32 Å². The van der Waals surface area contributed by atoms with E-state index in [-0.39, 0.29) is 5.76 Å². The first-order valence-electron chi connectivity index (χ1n) is 2.34. The fourth-order valence-corrected chi connectivity index (χ4v) is 0.263. The van der Waals surface area contributed by atoms with Crippen LogP contribution in [0.25, 0.3) is 0 Å². The number of amides is 1. The van der Waals surface area contributed by atoms with Crippen LogP contribution in [0.3, 0.4) is 0 Å². The Morgan fingerprint density at radius 1 is 1.89 bits per heavy atom. The summed E-state index contributed by atoms with van der Waals surface area (Å²) in [7, 11) is 1.33. The highest BCUT2D eigenvalue weighted by atomic mass is 16.5. The number of aliphatic hydroxyl groups excluding tert-OH is 1. The van der Waals surface area contributed by atoms with E-state index < -0.39 is 12.6 Å². The van der Waals surface area contributed by atoms with Crippen molar-refractivity contribution in [3.8, 4) is 0 Å². The summed E-state index contributed by atoms with van der Waals surface area (Å²) in [6, 6.07) is 0. The normalized spacial score (nSPS) is 8.22. The van der Waals surface area contributed by atoms with Crippen LogP contribution in [0, 0.1) is 0 Å². The largest absolute Gasteiger partial charge is 0.492 e. The molecule has 0 radical (unpaired) electrons. The van der Waals surface area contributed by atoms with Crippen LogP contribution in [0.1, 0.15) is 0 Å². The van der Waals surface area contributed by atoms with Crippen molar-refractivity contribution in [2.24, 2.45) is 0 Å². The second-order valence-corrected chi connectivity index (χ2v) is 1.29. The van der Waals surface area contributed by atoms with Crippen LogP contribution >= 0.6 is 0 Å². The molecule has 0 spiro atoms. The molecule has 4 nitrogen and oxygen atoms in total. The number of hydrogen-bond donors (Lipinski definition) is 2. The molecule has 2 N–H and O–H groups in total. The summed E-state index contributed by atoms with van der Waals surface area (Å²) in [6.45, 7) is 2.84. The van der Waals surface area contributed by atoms with Gasteiger partial charge in [-0.3, -0.25) is 4.79 Å². The van der Waals surface area contributed by atoms with E-state index in [9.17, 15) is 4.79 Å². The maximum atomic E-state index is 10.5. The highest BCUT2D eigenvalue weighted by molar-refractivity contribution is 5.90. The predicted molar refractivity (Wildman–Crippen MR) is 31.4 cm³/mol. The van der Waals surface area contributed by atoms with Crippen molar-refractivity contribution in [2.75, 3.05) is 13.8 Å². The quantitative estimate of drug-likeness (QED) is 0.300. The zero-order chi connectivity index (χ0) is 7.28. The Morgan fingerprint density at radius 3 is 2.78 bits per heavy atom. The summed E-state index contributed by atoms with van der Waals surface area (Å²) < 4.78 is 4.45. The first kappa shape index (κ1) is 7.97. The minimum Gasteiger partial charge on any atom is -0.492 e. The smallest absolute Gasteiger partial charge is 0.287 e. The standard InChI is InChI=1S/C5H9NO3/c1-4(9-2)5(8)6-3-7/h7H,1,3H2,2H3,(H,6,8). The van der Waals surface area contributed by atoms with Crippen molar-refractivity contribution in [3.05, 3.63) is 12.3 Å². The van der Waals surface area contributed by atoms with E-state index in [0.29, 0.717) is 0 Å². The molecule has 0 aliphatic rings. The fraction of sp³-hybridized carbons (Fsp3) is 0.400. The SMILES string of the molecule is C=C(OC)C(=O)NCO. The topological polar surface area (TPSA) is 58.6 Å². The number of carbonyl (C=O) groups is 1. The van der Waals surface area contributed by atoms with Crippen molar-refractivity contribution >= 4 is 5.91 Å². The molecule has 1 amide bonds. The van der Waals surface area contributed by atoms with Crippen LogP contribution in [0.15, 0.2) is 12.3 Å². The van der Waals surface area contributed by atoms with Crippen LogP contribution in [0.2, 0.25) is 0 Å². The van der Waals surface area contributed by atoms with Gasteiger partial charge in [-0.2, -0.15) is 0 Å². The molecular formula is C5H9NO3. The molecule has 0 saturated heterocycles. The van der Waals surface area contributed by atoms with Crippen LogP contribution in [0.5, 0.6) is 0 Å².